The zero-order valence-corrected chi connectivity index (χ0v) is 17.5. The van der Waals surface area contributed by atoms with E-state index in [1.54, 1.807) is 0 Å². The number of rotatable bonds is 12. The molecule has 0 spiro atoms. The van der Waals surface area contributed by atoms with Gasteiger partial charge in [-0.3, -0.25) is 4.79 Å². The van der Waals surface area contributed by atoms with Gasteiger partial charge >= 0.3 is 0 Å². The first-order valence-electron chi connectivity index (χ1n) is 10.1. The van der Waals surface area contributed by atoms with E-state index >= 15 is 0 Å². The van der Waals surface area contributed by atoms with Crippen molar-refractivity contribution in [3.05, 3.63) is 23.3 Å². The number of aryl methyl sites for hydroxylation is 2. The van der Waals surface area contributed by atoms with Crippen LogP contribution in [0.2, 0.25) is 0 Å². The van der Waals surface area contributed by atoms with E-state index in [1.807, 2.05) is 32.9 Å². The van der Waals surface area contributed by atoms with Crippen LogP contribution in [0.5, 0.6) is 5.75 Å². The summed E-state index contributed by atoms with van der Waals surface area (Å²) in [7, 11) is 0. The number of carbonyl (C=O) groups is 1. The van der Waals surface area contributed by atoms with Crippen molar-refractivity contribution >= 4 is 11.6 Å². The van der Waals surface area contributed by atoms with Gasteiger partial charge in [-0.1, -0.05) is 40.0 Å². The lowest BCUT2D eigenvalue weighted by Crippen LogP contribution is -2.43. The summed E-state index contributed by atoms with van der Waals surface area (Å²) in [5.41, 5.74) is 2.09. The maximum absolute atomic E-state index is 12.9. The Morgan fingerprint density at radius 2 is 1.62 bits per heavy atom. The molecular formula is C22H37NO3. The fraction of sp³-hybridized carbons (Fsp3) is 0.682. The Morgan fingerprint density at radius 3 is 2.15 bits per heavy atom. The van der Waals surface area contributed by atoms with Crippen molar-refractivity contribution in [1.29, 1.82) is 0 Å². The molecule has 0 aliphatic heterocycles. The third-order valence-electron chi connectivity index (χ3n) is 4.53. The third-order valence-corrected chi connectivity index (χ3v) is 4.53. The van der Waals surface area contributed by atoms with Crippen LogP contribution in [-0.4, -0.2) is 24.7 Å². The van der Waals surface area contributed by atoms with Crippen LogP contribution in [0.15, 0.2) is 12.1 Å². The molecule has 0 bridgehead atoms. The molecule has 0 aliphatic carbocycles. The highest BCUT2D eigenvalue weighted by Crippen LogP contribution is 2.29. The molecule has 148 valence electrons. The Balaban J connectivity index is 2.90. The Morgan fingerprint density at radius 1 is 1.00 bits per heavy atom. The van der Waals surface area contributed by atoms with Gasteiger partial charge in [0.05, 0.1) is 6.61 Å². The van der Waals surface area contributed by atoms with E-state index in [-0.39, 0.29) is 5.91 Å². The molecule has 1 aromatic rings. The minimum Gasteiger partial charge on any atom is -0.493 e. The Labute approximate surface area is 159 Å². The number of hydrogen-bond donors (Lipinski definition) is 1. The van der Waals surface area contributed by atoms with Gasteiger partial charge in [-0.05, 0) is 63.3 Å². The van der Waals surface area contributed by atoms with Gasteiger partial charge in [0.1, 0.15) is 11.4 Å². The van der Waals surface area contributed by atoms with Gasteiger partial charge in [0.2, 0.25) is 0 Å². The maximum Gasteiger partial charge on any atom is 0.256 e. The van der Waals surface area contributed by atoms with E-state index in [1.165, 1.54) is 0 Å². The van der Waals surface area contributed by atoms with Gasteiger partial charge < -0.3 is 14.8 Å². The van der Waals surface area contributed by atoms with Gasteiger partial charge in [0.15, 0.2) is 0 Å². The van der Waals surface area contributed by atoms with Gasteiger partial charge in [0.25, 0.3) is 5.91 Å². The molecule has 1 atom stereocenters. The molecule has 0 aromatic heterocycles. The van der Waals surface area contributed by atoms with E-state index in [0.29, 0.717) is 13.2 Å². The second-order valence-corrected chi connectivity index (χ2v) is 7.28. The first-order valence-corrected chi connectivity index (χ1v) is 10.1. The van der Waals surface area contributed by atoms with Crippen LogP contribution < -0.4 is 10.1 Å². The molecule has 0 saturated carbocycles. The van der Waals surface area contributed by atoms with Crippen molar-refractivity contribution in [2.75, 3.05) is 18.5 Å². The molecular weight excluding hydrogens is 326 g/mol. The first-order chi connectivity index (χ1) is 12.4. The fourth-order valence-corrected chi connectivity index (χ4v) is 3.01. The van der Waals surface area contributed by atoms with Crippen molar-refractivity contribution in [3.63, 3.8) is 0 Å². The van der Waals surface area contributed by atoms with Crippen LogP contribution in [0, 0.1) is 13.8 Å². The van der Waals surface area contributed by atoms with E-state index in [2.05, 4.69) is 26.1 Å². The lowest BCUT2D eigenvalue weighted by Gasteiger charge is -2.29. The topological polar surface area (TPSA) is 47.6 Å². The number of amides is 1. The second kappa shape index (κ2) is 11.2. The van der Waals surface area contributed by atoms with Crippen LogP contribution in [0.4, 0.5) is 5.69 Å². The normalized spacial score (nSPS) is 13.3. The molecule has 0 saturated heterocycles. The zero-order chi connectivity index (χ0) is 19.6. The van der Waals surface area contributed by atoms with Crippen molar-refractivity contribution in [3.8, 4) is 5.75 Å². The largest absolute Gasteiger partial charge is 0.493 e. The lowest BCUT2D eigenvalue weighted by molar-refractivity contribution is -0.140. The summed E-state index contributed by atoms with van der Waals surface area (Å²) in [5.74, 6) is 0.848. The average Bonchev–Trinajstić information content (AvgIpc) is 2.59. The second-order valence-electron chi connectivity index (χ2n) is 7.28. The number of anilines is 1. The standard InChI is InChI=1S/C22H37NO3/c1-7-10-11-12-22(6,26-14-9-3)21(24)23-19-15-17(4)20(18(5)16-19)25-13-8-2/h15-16H,7-14H2,1-6H3,(H,23,24)/t22-/m1/s1. The molecule has 4 heteroatoms. The Kier molecular flexibility index (Phi) is 9.71. The number of nitrogens with one attached hydrogen (secondary N) is 1. The minimum absolute atomic E-state index is 0.0666. The van der Waals surface area contributed by atoms with Crippen molar-refractivity contribution in [1.82, 2.24) is 0 Å². The molecule has 4 nitrogen and oxygen atoms in total. The smallest absolute Gasteiger partial charge is 0.256 e. The van der Waals surface area contributed by atoms with Crippen LogP contribution >= 0.6 is 0 Å². The Hall–Kier alpha value is -1.55. The number of hydrogen-bond acceptors (Lipinski definition) is 3. The highest BCUT2D eigenvalue weighted by molar-refractivity contribution is 5.97. The number of ether oxygens (including phenoxy) is 2. The van der Waals surface area contributed by atoms with Crippen LogP contribution in [-0.2, 0) is 9.53 Å². The first kappa shape index (κ1) is 22.5. The van der Waals surface area contributed by atoms with E-state index in [9.17, 15) is 4.79 Å². The van der Waals surface area contributed by atoms with E-state index < -0.39 is 5.60 Å². The van der Waals surface area contributed by atoms with Gasteiger partial charge in [-0.15, -0.1) is 0 Å². The lowest BCUT2D eigenvalue weighted by atomic mass is 9.96. The number of carbonyl (C=O) groups excluding carboxylic acids is 1. The molecule has 1 rings (SSSR count). The molecule has 1 amide bonds. The minimum atomic E-state index is -0.787. The molecule has 0 unspecified atom stereocenters. The number of unbranched alkanes of at least 4 members (excludes halogenated alkanes) is 2. The van der Waals surface area contributed by atoms with Crippen molar-refractivity contribution in [2.24, 2.45) is 0 Å². The summed E-state index contributed by atoms with van der Waals surface area (Å²) in [6.45, 7) is 13.6. The van der Waals surface area contributed by atoms with Crippen LogP contribution in [0.1, 0.15) is 77.3 Å². The van der Waals surface area contributed by atoms with Gasteiger partial charge in [0, 0.05) is 12.3 Å². The molecule has 26 heavy (non-hydrogen) atoms. The summed E-state index contributed by atoms with van der Waals surface area (Å²) in [4.78, 5) is 12.9. The van der Waals surface area contributed by atoms with Gasteiger partial charge in [-0.25, -0.2) is 0 Å². The average molecular weight is 364 g/mol. The van der Waals surface area contributed by atoms with E-state index in [0.717, 1.165) is 61.1 Å². The quantitative estimate of drug-likeness (QED) is 0.478. The predicted octanol–water partition coefficient (Wildman–Crippen LogP) is 5.80. The fourth-order valence-electron chi connectivity index (χ4n) is 3.01. The highest BCUT2D eigenvalue weighted by Gasteiger charge is 2.33. The molecule has 1 aromatic carbocycles. The van der Waals surface area contributed by atoms with Crippen molar-refractivity contribution < 1.29 is 14.3 Å². The summed E-state index contributed by atoms with van der Waals surface area (Å²) >= 11 is 0. The molecule has 0 radical (unpaired) electrons. The molecule has 0 fully saturated rings. The van der Waals surface area contributed by atoms with Crippen molar-refractivity contribution in [2.45, 2.75) is 85.7 Å². The van der Waals surface area contributed by atoms with Crippen LogP contribution in [0.25, 0.3) is 0 Å². The van der Waals surface area contributed by atoms with Gasteiger partial charge in [-0.2, -0.15) is 0 Å². The summed E-state index contributed by atoms with van der Waals surface area (Å²) < 4.78 is 11.8. The molecule has 1 N–H and O–H groups in total. The monoisotopic (exact) mass is 363 g/mol. The molecule has 0 aliphatic rings. The summed E-state index contributed by atoms with van der Waals surface area (Å²) in [6, 6.07) is 3.95. The maximum atomic E-state index is 12.9. The van der Waals surface area contributed by atoms with E-state index in [4.69, 9.17) is 9.47 Å². The zero-order valence-electron chi connectivity index (χ0n) is 17.5. The summed E-state index contributed by atoms with van der Waals surface area (Å²) in [6.07, 6.45) is 5.85. The highest BCUT2D eigenvalue weighted by atomic mass is 16.5. The Bertz CT molecular complexity index is 548. The predicted molar refractivity (Wildman–Crippen MR) is 109 cm³/mol. The summed E-state index contributed by atoms with van der Waals surface area (Å²) in [5, 5.41) is 3.06. The van der Waals surface area contributed by atoms with Crippen LogP contribution in [0.3, 0.4) is 0 Å². The third kappa shape index (κ3) is 6.64. The number of benzene rings is 1. The molecule has 0 heterocycles. The SMILES string of the molecule is CCCCC[C@@](C)(OCCC)C(=O)Nc1cc(C)c(OCCC)c(C)c1.